The fraction of sp³-hybridized carbons (Fsp3) is 0.550. The number of rotatable bonds is 4. The summed E-state index contributed by atoms with van der Waals surface area (Å²) in [7, 11) is 0. The van der Waals surface area contributed by atoms with Gasteiger partial charge in [-0.3, -0.25) is 0 Å². The Bertz CT molecular complexity index is 738. The van der Waals surface area contributed by atoms with Crippen LogP contribution in [0.25, 0.3) is 10.9 Å². The fourth-order valence-electron chi connectivity index (χ4n) is 4.36. The number of aryl methyl sites for hydroxylation is 1. The van der Waals surface area contributed by atoms with Gasteiger partial charge in [0.2, 0.25) is 0 Å². The Labute approximate surface area is 143 Å². The van der Waals surface area contributed by atoms with Crippen LogP contribution in [-0.2, 0) is 5.41 Å². The molecule has 0 radical (unpaired) electrons. The van der Waals surface area contributed by atoms with Gasteiger partial charge < -0.3 is 15.6 Å². The minimum absolute atomic E-state index is 0.00525. The molecular weight excluding hydrogens is 298 g/mol. The van der Waals surface area contributed by atoms with Crippen molar-refractivity contribution in [2.24, 2.45) is 0 Å². The predicted octanol–water partition coefficient (Wildman–Crippen LogP) is 4.14. The molecule has 1 aromatic carbocycles. The van der Waals surface area contributed by atoms with E-state index in [1.54, 1.807) is 0 Å². The zero-order chi connectivity index (χ0) is 16.6. The quantitative estimate of drug-likeness (QED) is 0.777. The summed E-state index contributed by atoms with van der Waals surface area (Å²) in [5.41, 5.74) is 3.95. The zero-order valence-electron chi connectivity index (χ0n) is 14.5. The second-order valence-electron chi connectivity index (χ2n) is 7.61. The van der Waals surface area contributed by atoms with Crippen molar-refractivity contribution in [2.45, 2.75) is 63.3 Å². The van der Waals surface area contributed by atoms with Crippen molar-refractivity contribution >= 4 is 16.9 Å². The van der Waals surface area contributed by atoms with Gasteiger partial charge in [-0.2, -0.15) is 0 Å². The molecule has 2 saturated carbocycles. The molecule has 0 aliphatic heterocycles. The number of carbonyl (C=O) groups is 1. The number of H-pyrrole nitrogens is 1. The smallest absolute Gasteiger partial charge is 0.315 e. The van der Waals surface area contributed by atoms with Crippen LogP contribution in [-0.4, -0.2) is 23.6 Å². The van der Waals surface area contributed by atoms with Gasteiger partial charge in [-0.1, -0.05) is 37.5 Å². The van der Waals surface area contributed by atoms with Crippen LogP contribution in [0.1, 0.15) is 56.2 Å². The minimum atomic E-state index is 0.00525. The number of aromatic amines is 1. The highest BCUT2D eigenvalue weighted by Crippen LogP contribution is 2.51. The molecule has 2 aliphatic rings. The molecule has 4 rings (SSSR count). The summed E-state index contributed by atoms with van der Waals surface area (Å²) < 4.78 is 0. The lowest BCUT2D eigenvalue weighted by Crippen LogP contribution is -2.45. The maximum absolute atomic E-state index is 12.3. The topological polar surface area (TPSA) is 56.9 Å². The Kier molecular flexibility index (Phi) is 3.99. The first-order chi connectivity index (χ1) is 11.7. The number of para-hydroxylation sites is 1. The third-order valence-electron chi connectivity index (χ3n) is 5.81. The average Bonchev–Trinajstić information content (AvgIpc) is 3.29. The van der Waals surface area contributed by atoms with Crippen molar-refractivity contribution in [2.75, 3.05) is 6.54 Å². The van der Waals surface area contributed by atoms with Crippen molar-refractivity contribution in [3.8, 4) is 0 Å². The molecule has 24 heavy (non-hydrogen) atoms. The lowest BCUT2D eigenvalue weighted by molar-refractivity contribution is 0.231. The zero-order valence-corrected chi connectivity index (χ0v) is 14.5. The van der Waals surface area contributed by atoms with Crippen LogP contribution in [0.5, 0.6) is 0 Å². The van der Waals surface area contributed by atoms with Crippen LogP contribution in [0.2, 0.25) is 0 Å². The minimum Gasteiger partial charge on any atom is -0.358 e. The standard InChI is InChI=1S/C20H27N3O/c1-14-18(16-9-5-6-10-17(16)22-14)20(11-12-20)13-21-19(24)23-15-7-3-2-4-8-15/h5-6,9-10,15,22H,2-4,7-8,11-13H2,1H3,(H2,21,23,24). The van der Waals surface area contributed by atoms with E-state index in [2.05, 4.69) is 46.8 Å². The van der Waals surface area contributed by atoms with E-state index >= 15 is 0 Å². The lowest BCUT2D eigenvalue weighted by atomic mass is 9.93. The van der Waals surface area contributed by atoms with Gasteiger partial charge in [-0.15, -0.1) is 0 Å². The van der Waals surface area contributed by atoms with Gasteiger partial charge in [0.05, 0.1) is 0 Å². The largest absolute Gasteiger partial charge is 0.358 e. The summed E-state index contributed by atoms with van der Waals surface area (Å²) in [6.45, 7) is 2.88. The van der Waals surface area contributed by atoms with E-state index in [-0.39, 0.29) is 11.4 Å². The highest BCUT2D eigenvalue weighted by Gasteiger charge is 2.47. The molecule has 0 bridgehead atoms. The van der Waals surface area contributed by atoms with Crippen LogP contribution in [0.3, 0.4) is 0 Å². The van der Waals surface area contributed by atoms with Crippen molar-refractivity contribution < 1.29 is 4.79 Å². The lowest BCUT2D eigenvalue weighted by Gasteiger charge is -2.24. The normalized spacial score (nSPS) is 20.0. The molecule has 4 heteroatoms. The van der Waals surface area contributed by atoms with Gasteiger partial charge in [-0.05, 0) is 44.2 Å². The Balaban J connectivity index is 1.44. The van der Waals surface area contributed by atoms with Gasteiger partial charge in [0.15, 0.2) is 0 Å². The van der Waals surface area contributed by atoms with Gasteiger partial charge in [0.1, 0.15) is 0 Å². The second-order valence-corrected chi connectivity index (χ2v) is 7.61. The Morgan fingerprint density at radius 2 is 1.96 bits per heavy atom. The Hall–Kier alpha value is -1.97. The molecule has 128 valence electrons. The molecule has 1 heterocycles. The average molecular weight is 325 g/mol. The van der Waals surface area contributed by atoms with Gasteiger partial charge >= 0.3 is 6.03 Å². The van der Waals surface area contributed by atoms with Gasteiger partial charge in [-0.25, -0.2) is 4.79 Å². The molecule has 2 fully saturated rings. The Morgan fingerprint density at radius 3 is 2.71 bits per heavy atom. The molecule has 0 atom stereocenters. The molecule has 0 spiro atoms. The van der Waals surface area contributed by atoms with Crippen LogP contribution in [0.15, 0.2) is 24.3 Å². The summed E-state index contributed by atoms with van der Waals surface area (Å²) in [6, 6.07) is 8.85. The number of hydrogen-bond acceptors (Lipinski definition) is 1. The Morgan fingerprint density at radius 1 is 1.21 bits per heavy atom. The molecule has 0 saturated heterocycles. The van der Waals surface area contributed by atoms with Crippen LogP contribution in [0.4, 0.5) is 4.79 Å². The number of amides is 2. The van der Waals surface area contributed by atoms with E-state index in [1.807, 2.05) is 0 Å². The number of urea groups is 1. The number of nitrogens with one attached hydrogen (secondary N) is 3. The SMILES string of the molecule is Cc1[nH]c2ccccc2c1C1(CNC(=O)NC2CCCCC2)CC1. The number of carbonyl (C=O) groups excluding carboxylic acids is 1. The molecule has 2 amide bonds. The summed E-state index contributed by atoms with van der Waals surface area (Å²) in [5.74, 6) is 0. The summed E-state index contributed by atoms with van der Waals surface area (Å²) in [6.07, 6.45) is 8.34. The van der Waals surface area contributed by atoms with E-state index in [0.717, 1.165) is 32.2 Å². The van der Waals surface area contributed by atoms with E-state index in [0.29, 0.717) is 6.04 Å². The molecule has 1 aromatic heterocycles. The van der Waals surface area contributed by atoms with Crippen LogP contribution in [0, 0.1) is 6.92 Å². The van der Waals surface area contributed by atoms with Gasteiger partial charge in [0.25, 0.3) is 0 Å². The number of aromatic nitrogens is 1. The van der Waals surface area contributed by atoms with Crippen LogP contribution >= 0.6 is 0 Å². The molecule has 0 unspecified atom stereocenters. The van der Waals surface area contributed by atoms with Crippen molar-refractivity contribution in [1.82, 2.24) is 15.6 Å². The van der Waals surface area contributed by atoms with E-state index in [4.69, 9.17) is 0 Å². The van der Waals surface area contributed by atoms with E-state index < -0.39 is 0 Å². The maximum atomic E-state index is 12.3. The third-order valence-corrected chi connectivity index (χ3v) is 5.81. The first kappa shape index (κ1) is 15.6. The number of benzene rings is 1. The van der Waals surface area contributed by atoms with Crippen molar-refractivity contribution in [1.29, 1.82) is 0 Å². The van der Waals surface area contributed by atoms with Crippen molar-refractivity contribution in [3.05, 3.63) is 35.5 Å². The first-order valence-corrected chi connectivity index (χ1v) is 9.30. The van der Waals surface area contributed by atoms with E-state index in [1.165, 1.54) is 41.4 Å². The molecule has 2 aromatic rings. The molecule has 2 aliphatic carbocycles. The molecule has 3 N–H and O–H groups in total. The monoisotopic (exact) mass is 325 g/mol. The van der Waals surface area contributed by atoms with E-state index in [9.17, 15) is 4.79 Å². The summed E-state index contributed by atoms with van der Waals surface area (Å²) >= 11 is 0. The summed E-state index contributed by atoms with van der Waals surface area (Å²) in [5, 5.41) is 7.61. The summed E-state index contributed by atoms with van der Waals surface area (Å²) in [4.78, 5) is 15.8. The molecular formula is C20H27N3O. The highest BCUT2D eigenvalue weighted by atomic mass is 16.2. The number of fused-ring (bicyclic) bond motifs is 1. The fourth-order valence-corrected chi connectivity index (χ4v) is 4.36. The molecule has 4 nitrogen and oxygen atoms in total. The van der Waals surface area contributed by atoms with Crippen LogP contribution < -0.4 is 10.6 Å². The predicted molar refractivity (Wildman–Crippen MR) is 97.4 cm³/mol. The maximum Gasteiger partial charge on any atom is 0.315 e. The van der Waals surface area contributed by atoms with Gasteiger partial charge in [0, 0.05) is 34.6 Å². The first-order valence-electron chi connectivity index (χ1n) is 9.30. The highest BCUT2D eigenvalue weighted by molar-refractivity contribution is 5.86. The van der Waals surface area contributed by atoms with Crippen molar-refractivity contribution in [3.63, 3.8) is 0 Å². The second kappa shape index (κ2) is 6.15. The number of hydrogen-bond donors (Lipinski definition) is 3. The third kappa shape index (κ3) is 2.90.